The van der Waals surface area contributed by atoms with Crippen LogP contribution in [0.25, 0.3) is 0 Å². The molecule has 0 bridgehead atoms. The Hall–Kier alpha value is -1.79. The highest BCUT2D eigenvalue weighted by Crippen LogP contribution is 2.25. The van der Waals surface area contributed by atoms with E-state index in [0.29, 0.717) is 6.54 Å². The van der Waals surface area contributed by atoms with Gasteiger partial charge in [-0.15, -0.1) is 0 Å². The molecule has 2 N–H and O–H groups in total. The molecule has 0 aliphatic carbocycles. The largest absolute Gasteiger partial charge is 0.497 e. The van der Waals surface area contributed by atoms with Crippen molar-refractivity contribution >= 4 is 5.91 Å². The number of methoxy groups -OCH3 is 2. The first-order chi connectivity index (χ1) is 11.1. The molecule has 23 heavy (non-hydrogen) atoms. The zero-order valence-electron chi connectivity index (χ0n) is 14.2. The summed E-state index contributed by atoms with van der Waals surface area (Å²) in [4.78, 5) is 16.4. The van der Waals surface area contributed by atoms with Gasteiger partial charge in [0, 0.05) is 50.7 Å². The van der Waals surface area contributed by atoms with Crippen molar-refractivity contribution in [3.05, 3.63) is 23.8 Å². The predicted octanol–water partition coefficient (Wildman–Crippen LogP) is 0.943. The minimum atomic E-state index is -0.0972. The second-order valence-corrected chi connectivity index (χ2v) is 5.92. The van der Waals surface area contributed by atoms with Gasteiger partial charge in [-0.3, -0.25) is 9.69 Å². The lowest BCUT2D eigenvalue weighted by Crippen LogP contribution is -2.50. The quantitative estimate of drug-likeness (QED) is 0.845. The highest BCUT2D eigenvalue weighted by Gasteiger charge is 2.24. The van der Waals surface area contributed by atoms with Crippen LogP contribution in [-0.4, -0.2) is 62.7 Å². The average Bonchev–Trinajstić information content (AvgIpc) is 2.61. The number of ether oxygens (including phenoxy) is 2. The number of nitrogens with two attached hydrogens (primary N) is 1. The maximum atomic E-state index is 12.2. The molecule has 1 atom stereocenters. The molecule has 1 saturated heterocycles. The van der Waals surface area contributed by atoms with Crippen molar-refractivity contribution in [2.24, 2.45) is 11.7 Å². The number of carbonyl (C=O) groups excluding carboxylic acids is 1. The second kappa shape index (κ2) is 8.17. The van der Waals surface area contributed by atoms with Crippen LogP contribution in [0.3, 0.4) is 0 Å². The minimum absolute atomic E-state index is 0.0972. The van der Waals surface area contributed by atoms with Crippen LogP contribution in [0.1, 0.15) is 12.5 Å². The van der Waals surface area contributed by atoms with E-state index in [1.807, 2.05) is 30.0 Å². The standard InChI is InChI=1S/C17H27N3O3/c1-13(11-18)17(21)20-8-6-19(7-9-20)12-14-10-15(22-2)4-5-16(14)23-3/h4-5,10,13H,6-9,11-12,18H2,1-3H3. The van der Waals surface area contributed by atoms with E-state index in [-0.39, 0.29) is 11.8 Å². The van der Waals surface area contributed by atoms with Crippen molar-refractivity contribution in [2.45, 2.75) is 13.5 Å². The Kier molecular flexibility index (Phi) is 6.24. The smallest absolute Gasteiger partial charge is 0.226 e. The molecular weight excluding hydrogens is 294 g/mol. The molecule has 1 aromatic rings. The maximum Gasteiger partial charge on any atom is 0.226 e. The summed E-state index contributed by atoms with van der Waals surface area (Å²) in [7, 11) is 3.34. The van der Waals surface area contributed by atoms with Crippen molar-refractivity contribution < 1.29 is 14.3 Å². The van der Waals surface area contributed by atoms with E-state index in [1.54, 1.807) is 14.2 Å². The van der Waals surface area contributed by atoms with Crippen LogP contribution < -0.4 is 15.2 Å². The molecule has 2 rings (SSSR count). The number of hydrogen-bond donors (Lipinski definition) is 1. The SMILES string of the molecule is COc1ccc(OC)c(CN2CCN(C(=O)C(C)CN)CC2)c1. The molecular formula is C17H27N3O3. The van der Waals surface area contributed by atoms with E-state index in [4.69, 9.17) is 15.2 Å². The summed E-state index contributed by atoms with van der Waals surface area (Å²) in [6, 6.07) is 5.83. The van der Waals surface area contributed by atoms with Crippen LogP contribution >= 0.6 is 0 Å². The number of hydrogen-bond acceptors (Lipinski definition) is 5. The molecule has 0 spiro atoms. The highest BCUT2D eigenvalue weighted by atomic mass is 16.5. The molecule has 1 aliphatic rings. The normalized spacial score (nSPS) is 17.0. The first-order valence-electron chi connectivity index (χ1n) is 8.01. The Morgan fingerprint density at radius 1 is 1.22 bits per heavy atom. The van der Waals surface area contributed by atoms with E-state index < -0.39 is 0 Å². The lowest BCUT2D eigenvalue weighted by Gasteiger charge is -2.36. The molecule has 0 aromatic heterocycles. The van der Waals surface area contributed by atoms with Crippen molar-refractivity contribution in [2.75, 3.05) is 46.9 Å². The van der Waals surface area contributed by atoms with Crippen LogP contribution in [0.2, 0.25) is 0 Å². The fraction of sp³-hybridized carbons (Fsp3) is 0.588. The number of rotatable bonds is 6. The third kappa shape index (κ3) is 4.36. The molecule has 128 valence electrons. The summed E-state index contributed by atoms with van der Waals surface area (Å²) in [5.41, 5.74) is 6.68. The number of amides is 1. The van der Waals surface area contributed by atoms with E-state index in [0.717, 1.165) is 49.8 Å². The monoisotopic (exact) mass is 321 g/mol. The predicted molar refractivity (Wildman–Crippen MR) is 89.6 cm³/mol. The summed E-state index contributed by atoms with van der Waals surface area (Å²) in [6.45, 7) is 6.27. The lowest BCUT2D eigenvalue weighted by atomic mass is 10.1. The van der Waals surface area contributed by atoms with E-state index in [2.05, 4.69) is 4.90 Å². The van der Waals surface area contributed by atoms with Crippen molar-refractivity contribution in [3.8, 4) is 11.5 Å². The average molecular weight is 321 g/mol. The van der Waals surface area contributed by atoms with Gasteiger partial charge >= 0.3 is 0 Å². The third-order valence-corrected chi connectivity index (χ3v) is 4.34. The third-order valence-electron chi connectivity index (χ3n) is 4.34. The Balaban J connectivity index is 1.95. The summed E-state index contributed by atoms with van der Waals surface area (Å²) in [6.07, 6.45) is 0. The van der Waals surface area contributed by atoms with E-state index in [1.165, 1.54) is 0 Å². The van der Waals surface area contributed by atoms with E-state index in [9.17, 15) is 4.79 Å². The highest BCUT2D eigenvalue weighted by molar-refractivity contribution is 5.78. The van der Waals surface area contributed by atoms with Gasteiger partial charge in [-0.25, -0.2) is 0 Å². The van der Waals surface area contributed by atoms with E-state index >= 15 is 0 Å². The van der Waals surface area contributed by atoms with Crippen LogP contribution in [0, 0.1) is 5.92 Å². The fourth-order valence-corrected chi connectivity index (χ4v) is 2.79. The zero-order valence-corrected chi connectivity index (χ0v) is 14.2. The van der Waals surface area contributed by atoms with Gasteiger partial charge in [0.1, 0.15) is 11.5 Å². The molecule has 6 heteroatoms. The second-order valence-electron chi connectivity index (χ2n) is 5.92. The summed E-state index contributed by atoms with van der Waals surface area (Å²) >= 11 is 0. The molecule has 0 saturated carbocycles. The van der Waals surface area contributed by atoms with Gasteiger partial charge in [0.25, 0.3) is 0 Å². The summed E-state index contributed by atoms with van der Waals surface area (Å²) in [5, 5.41) is 0. The number of piperazine rings is 1. The molecule has 1 aromatic carbocycles. The van der Waals surface area contributed by atoms with Gasteiger partial charge in [-0.1, -0.05) is 6.92 Å². The van der Waals surface area contributed by atoms with Gasteiger partial charge in [0.2, 0.25) is 5.91 Å². The van der Waals surface area contributed by atoms with Crippen molar-refractivity contribution in [1.82, 2.24) is 9.80 Å². The van der Waals surface area contributed by atoms with Crippen LogP contribution in [0.4, 0.5) is 0 Å². The Bertz CT molecular complexity index is 528. The van der Waals surface area contributed by atoms with Crippen LogP contribution in [0.5, 0.6) is 11.5 Å². The summed E-state index contributed by atoms with van der Waals surface area (Å²) in [5.74, 6) is 1.75. The zero-order chi connectivity index (χ0) is 16.8. The maximum absolute atomic E-state index is 12.2. The fourth-order valence-electron chi connectivity index (χ4n) is 2.79. The molecule has 1 unspecified atom stereocenters. The number of nitrogens with zero attached hydrogens (tertiary/aromatic N) is 2. The first kappa shape index (κ1) is 17.6. The Labute approximate surface area is 138 Å². The molecule has 1 aliphatic heterocycles. The van der Waals surface area contributed by atoms with Gasteiger partial charge in [-0.05, 0) is 18.2 Å². The number of carbonyl (C=O) groups is 1. The topological polar surface area (TPSA) is 68.0 Å². The molecule has 1 heterocycles. The summed E-state index contributed by atoms with van der Waals surface area (Å²) < 4.78 is 10.7. The van der Waals surface area contributed by atoms with Gasteiger partial charge in [-0.2, -0.15) is 0 Å². The number of benzene rings is 1. The van der Waals surface area contributed by atoms with Gasteiger partial charge in [0.15, 0.2) is 0 Å². The van der Waals surface area contributed by atoms with Crippen molar-refractivity contribution in [1.29, 1.82) is 0 Å². The van der Waals surface area contributed by atoms with Crippen molar-refractivity contribution in [3.63, 3.8) is 0 Å². The first-order valence-corrected chi connectivity index (χ1v) is 8.01. The molecule has 1 amide bonds. The molecule has 0 radical (unpaired) electrons. The molecule has 1 fully saturated rings. The van der Waals surface area contributed by atoms with Crippen LogP contribution in [0.15, 0.2) is 18.2 Å². The molecule has 6 nitrogen and oxygen atoms in total. The lowest BCUT2D eigenvalue weighted by molar-refractivity contribution is -0.136. The van der Waals surface area contributed by atoms with Crippen LogP contribution in [-0.2, 0) is 11.3 Å². The minimum Gasteiger partial charge on any atom is -0.497 e. The van der Waals surface area contributed by atoms with Gasteiger partial charge in [0.05, 0.1) is 14.2 Å². The van der Waals surface area contributed by atoms with Gasteiger partial charge < -0.3 is 20.1 Å². The Morgan fingerprint density at radius 2 is 1.91 bits per heavy atom. The Morgan fingerprint density at radius 3 is 2.48 bits per heavy atom.